The third kappa shape index (κ3) is 13.0. The topological polar surface area (TPSA) is 85.2 Å². The SMILES string of the molecule is C1=N/CCNCCNCc2ccc(cc2)/C=N/C(CCCCNCc2ccccc2)CNCC/N=C/c2ccc/1cc2. The second-order valence-corrected chi connectivity index (χ2v) is 10.7. The van der Waals surface area contributed by atoms with Crippen molar-refractivity contribution in [2.75, 3.05) is 52.4 Å². The van der Waals surface area contributed by atoms with Crippen molar-refractivity contribution in [3.63, 3.8) is 0 Å². The molecule has 0 saturated heterocycles. The summed E-state index contributed by atoms with van der Waals surface area (Å²) in [5.41, 5.74) is 5.98. The van der Waals surface area contributed by atoms with Crippen LogP contribution in [0.25, 0.3) is 0 Å². The van der Waals surface area contributed by atoms with E-state index in [-0.39, 0.29) is 6.04 Å². The van der Waals surface area contributed by atoms with Gasteiger partial charge in [-0.05, 0) is 47.2 Å². The van der Waals surface area contributed by atoms with Crippen LogP contribution in [0.5, 0.6) is 0 Å². The number of hydrogen-bond acceptors (Lipinski definition) is 7. The van der Waals surface area contributed by atoms with E-state index in [1.165, 1.54) is 11.1 Å². The Labute approximate surface area is 252 Å². The molecule has 7 nitrogen and oxygen atoms in total. The van der Waals surface area contributed by atoms with Crippen LogP contribution in [-0.4, -0.2) is 77.0 Å². The van der Waals surface area contributed by atoms with Crippen LogP contribution in [-0.2, 0) is 13.1 Å². The van der Waals surface area contributed by atoms with Crippen LogP contribution < -0.4 is 21.3 Å². The van der Waals surface area contributed by atoms with Gasteiger partial charge < -0.3 is 21.3 Å². The highest BCUT2D eigenvalue weighted by molar-refractivity contribution is 5.84. The van der Waals surface area contributed by atoms with Crippen molar-refractivity contribution in [3.8, 4) is 0 Å². The summed E-state index contributed by atoms with van der Waals surface area (Å²) >= 11 is 0. The first-order valence-electron chi connectivity index (χ1n) is 15.4. The number of nitrogens with one attached hydrogen (secondary N) is 4. The van der Waals surface area contributed by atoms with E-state index in [0.717, 1.165) is 101 Å². The van der Waals surface area contributed by atoms with E-state index in [2.05, 4.69) is 110 Å². The van der Waals surface area contributed by atoms with Gasteiger partial charge in [0.25, 0.3) is 0 Å². The fourth-order valence-electron chi connectivity index (χ4n) is 4.70. The Morgan fingerprint density at radius 2 is 1.29 bits per heavy atom. The monoisotopic (exact) mass is 565 g/mol. The smallest absolute Gasteiger partial charge is 0.0624 e. The second kappa shape index (κ2) is 19.6. The summed E-state index contributed by atoms with van der Waals surface area (Å²) in [7, 11) is 0. The van der Waals surface area contributed by atoms with Gasteiger partial charge in [-0.1, -0.05) is 85.3 Å². The summed E-state index contributed by atoms with van der Waals surface area (Å²) in [6, 6.07) is 27.9. The third-order valence-electron chi connectivity index (χ3n) is 7.17. The molecule has 7 heteroatoms. The number of aliphatic imine (C=N–C) groups is 3. The second-order valence-electron chi connectivity index (χ2n) is 10.7. The van der Waals surface area contributed by atoms with Crippen molar-refractivity contribution in [2.45, 2.75) is 38.4 Å². The highest BCUT2D eigenvalue weighted by atomic mass is 15.0. The zero-order chi connectivity index (χ0) is 28.9. The molecule has 1 unspecified atom stereocenters. The molecule has 4 bridgehead atoms. The molecule has 0 radical (unpaired) electrons. The first kappa shape index (κ1) is 31.4. The van der Waals surface area contributed by atoms with Gasteiger partial charge >= 0.3 is 0 Å². The summed E-state index contributed by atoms with van der Waals surface area (Å²) in [5, 5.41) is 14.1. The molecule has 0 saturated carbocycles. The highest BCUT2D eigenvalue weighted by Crippen LogP contribution is 2.07. The summed E-state index contributed by atoms with van der Waals surface area (Å²) in [4.78, 5) is 14.2. The molecule has 0 spiro atoms. The normalized spacial score (nSPS) is 19.8. The summed E-state index contributed by atoms with van der Waals surface area (Å²) in [6.07, 6.45) is 9.28. The van der Waals surface area contributed by atoms with Crippen molar-refractivity contribution < 1.29 is 0 Å². The fraction of sp³-hybridized carbons (Fsp3) is 0.400. The van der Waals surface area contributed by atoms with Gasteiger partial charge in [-0.2, -0.15) is 0 Å². The molecule has 0 aromatic heterocycles. The lowest BCUT2D eigenvalue weighted by Crippen LogP contribution is -2.28. The quantitative estimate of drug-likeness (QED) is 0.323. The molecular formula is C35H47N7. The molecule has 222 valence electrons. The van der Waals surface area contributed by atoms with E-state index in [1.807, 2.05) is 18.6 Å². The molecule has 42 heavy (non-hydrogen) atoms. The van der Waals surface area contributed by atoms with E-state index in [9.17, 15) is 0 Å². The van der Waals surface area contributed by atoms with Gasteiger partial charge in [0, 0.05) is 64.5 Å². The number of rotatable bonds is 7. The van der Waals surface area contributed by atoms with Gasteiger partial charge in [0.1, 0.15) is 0 Å². The summed E-state index contributed by atoms with van der Waals surface area (Å²) in [6.45, 7) is 8.72. The zero-order valence-electron chi connectivity index (χ0n) is 24.8. The Morgan fingerprint density at radius 1 is 0.643 bits per heavy atom. The largest absolute Gasteiger partial charge is 0.314 e. The van der Waals surface area contributed by atoms with E-state index < -0.39 is 0 Å². The molecule has 3 aromatic rings. The van der Waals surface area contributed by atoms with E-state index in [1.54, 1.807) is 0 Å². The molecule has 4 N–H and O–H groups in total. The first-order valence-corrected chi connectivity index (χ1v) is 15.4. The highest BCUT2D eigenvalue weighted by Gasteiger charge is 2.06. The Hall–Kier alpha value is -3.49. The molecule has 1 atom stereocenters. The minimum Gasteiger partial charge on any atom is -0.314 e. The summed E-state index contributed by atoms with van der Waals surface area (Å²) in [5.74, 6) is 0. The maximum absolute atomic E-state index is 4.99. The molecule has 7 rings (SSSR count). The maximum Gasteiger partial charge on any atom is 0.0624 e. The van der Waals surface area contributed by atoms with Crippen LogP contribution in [0.3, 0.4) is 0 Å². The predicted octanol–water partition coefficient (Wildman–Crippen LogP) is 4.25. The van der Waals surface area contributed by atoms with Crippen molar-refractivity contribution in [2.24, 2.45) is 15.0 Å². The molecule has 0 fully saturated rings. The molecule has 4 aliphatic heterocycles. The predicted molar refractivity (Wildman–Crippen MR) is 179 cm³/mol. The Balaban J connectivity index is 1.29. The molecule has 4 aliphatic rings. The van der Waals surface area contributed by atoms with Gasteiger partial charge in [-0.25, -0.2) is 0 Å². The molecular weight excluding hydrogens is 518 g/mol. The average Bonchev–Trinajstić information content (AvgIpc) is 3.03. The van der Waals surface area contributed by atoms with Crippen LogP contribution >= 0.6 is 0 Å². The summed E-state index contributed by atoms with van der Waals surface area (Å²) < 4.78 is 0. The maximum atomic E-state index is 4.99. The van der Waals surface area contributed by atoms with E-state index in [0.29, 0.717) is 0 Å². The minimum atomic E-state index is 0.240. The number of hydrogen-bond donors (Lipinski definition) is 4. The third-order valence-corrected chi connectivity index (χ3v) is 7.17. The van der Waals surface area contributed by atoms with Gasteiger partial charge in [0.15, 0.2) is 0 Å². The van der Waals surface area contributed by atoms with Crippen LogP contribution in [0.4, 0.5) is 0 Å². The Bertz CT molecular complexity index is 1200. The van der Waals surface area contributed by atoms with Gasteiger partial charge in [-0.15, -0.1) is 0 Å². The average molecular weight is 566 g/mol. The van der Waals surface area contributed by atoms with Crippen molar-refractivity contribution >= 4 is 18.6 Å². The fourth-order valence-corrected chi connectivity index (χ4v) is 4.70. The van der Waals surface area contributed by atoms with Gasteiger partial charge in [0.05, 0.1) is 19.1 Å². The lowest BCUT2D eigenvalue weighted by molar-refractivity contribution is 0.513. The zero-order valence-corrected chi connectivity index (χ0v) is 24.8. The van der Waals surface area contributed by atoms with Gasteiger partial charge in [-0.3, -0.25) is 15.0 Å². The van der Waals surface area contributed by atoms with Crippen molar-refractivity contribution in [1.29, 1.82) is 0 Å². The minimum absolute atomic E-state index is 0.240. The van der Waals surface area contributed by atoms with E-state index in [4.69, 9.17) is 4.99 Å². The number of nitrogens with zero attached hydrogens (tertiary/aromatic N) is 3. The number of unbranched alkanes of at least 4 members (excludes halogenated alkanes) is 1. The van der Waals surface area contributed by atoms with Crippen LogP contribution in [0.15, 0.2) is 93.8 Å². The standard InChI is InChI=1S/C35H47N7/c1-2-6-30(7-3-1)24-37-17-5-4-8-35-29-41-23-22-40-27-32-11-9-31(10-12-32)25-38-20-18-36-19-21-39-26-33-13-15-34(16-14-33)28-42-35/h1-3,6-7,9-16,25,27-28,35-37,39,41H,4-5,8,17-24,26,29H2/b38-25+,40-27+,42-28+. The lowest BCUT2D eigenvalue weighted by Gasteiger charge is -2.14. The van der Waals surface area contributed by atoms with E-state index >= 15 is 0 Å². The van der Waals surface area contributed by atoms with Crippen LogP contribution in [0.2, 0.25) is 0 Å². The van der Waals surface area contributed by atoms with Crippen LogP contribution in [0.1, 0.15) is 47.1 Å². The Kier molecular flexibility index (Phi) is 14.7. The first-order chi connectivity index (χ1) is 20.8. The molecule has 3 aromatic carbocycles. The lowest BCUT2D eigenvalue weighted by atomic mass is 10.1. The molecule has 0 aliphatic carbocycles. The number of benzene rings is 3. The van der Waals surface area contributed by atoms with Crippen LogP contribution in [0, 0.1) is 0 Å². The Morgan fingerprint density at radius 3 is 2.02 bits per heavy atom. The van der Waals surface area contributed by atoms with Crippen molar-refractivity contribution in [1.82, 2.24) is 21.3 Å². The van der Waals surface area contributed by atoms with Gasteiger partial charge in [0.2, 0.25) is 0 Å². The molecule has 4 heterocycles. The molecule has 0 amide bonds. The van der Waals surface area contributed by atoms with Crippen molar-refractivity contribution in [3.05, 3.63) is 107 Å².